The van der Waals surface area contributed by atoms with Crippen molar-refractivity contribution < 1.29 is 9.53 Å². The lowest BCUT2D eigenvalue weighted by atomic mass is 10.2. The van der Waals surface area contributed by atoms with Gasteiger partial charge < -0.3 is 15.0 Å². The van der Waals surface area contributed by atoms with Crippen LogP contribution in [-0.4, -0.2) is 30.2 Å². The molecule has 0 saturated heterocycles. The quantitative estimate of drug-likeness (QED) is 0.875. The number of carbonyl (C=O) groups is 1. The second kappa shape index (κ2) is 8.24. The molecule has 5 nitrogen and oxygen atoms in total. The molecule has 0 aliphatic rings. The van der Waals surface area contributed by atoms with E-state index in [1.54, 1.807) is 0 Å². The van der Waals surface area contributed by atoms with Gasteiger partial charge in [0.25, 0.3) is 5.91 Å². The smallest absolute Gasteiger partial charge is 0.250 e. The Balaban J connectivity index is 2.17. The van der Waals surface area contributed by atoms with E-state index in [9.17, 15) is 4.79 Å². The van der Waals surface area contributed by atoms with Crippen molar-refractivity contribution in [3.8, 4) is 0 Å². The largest absolute Gasteiger partial charge is 0.380 e. The van der Waals surface area contributed by atoms with Crippen molar-refractivity contribution in [2.24, 2.45) is 10.7 Å². The summed E-state index contributed by atoms with van der Waals surface area (Å²) >= 11 is 7.57. The van der Waals surface area contributed by atoms with Crippen molar-refractivity contribution in [3.63, 3.8) is 0 Å². The number of nitrogens with zero attached hydrogens (tertiary/aromatic N) is 2. The monoisotopic (exact) mass is 339 g/mol. The summed E-state index contributed by atoms with van der Waals surface area (Å²) in [6.45, 7) is 0.863. The Morgan fingerprint density at radius 3 is 2.95 bits per heavy atom. The summed E-state index contributed by atoms with van der Waals surface area (Å²) in [6.07, 6.45) is 1.77. The first kappa shape index (κ1) is 16.9. The number of nitrogens with two attached hydrogens (primary N) is 1. The average Bonchev–Trinajstić information content (AvgIpc) is 2.94. The number of hydrogen-bond donors (Lipinski definition) is 1. The standard InChI is InChI=1S/C15H18ClN3O2S/c1-21-12(9-17)8-14(20)18-15-19(6-7-22-15)10-11-4-2-3-5-13(11)16/h2-7,12H,8-10,17H2,1H3. The van der Waals surface area contributed by atoms with Gasteiger partial charge in [0.05, 0.1) is 19.1 Å². The second-order valence-corrected chi connectivity index (χ2v) is 5.99. The summed E-state index contributed by atoms with van der Waals surface area (Å²) in [7, 11) is 1.54. The van der Waals surface area contributed by atoms with Gasteiger partial charge in [0.15, 0.2) is 4.80 Å². The van der Waals surface area contributed by atoms with E-state index in [2.05, 4.69) is 4.99 Å². The van der Waals surface area contributed by atoms with Gasteiger partial charge in [-0.3, -0.25) is 4.79 Å². The van der Waals surface area contributed by atoms with Gasteiger partial charge in [-0.2, -0.15) is 4.99 Å². The molecule has 0 fully saturated rings. The van der Waals surface area contributed by atoms with E-state index < -0.39 is 0 Å². The maximum atomic E-state index is 12.0. The Labute approximate surface area is 138 Å². The molecular weight excluding hydrogens is 322 g/mol. The molecule has 0 spiro atoms. The van der Waals surface area contributed by atoms with Crippen LogP contribution < -0.4 is 10.5 Å². The minimum absolute atomic E-state index is 0.178. The van der Waals surface area contributed by atoms with Crippen molar-refractivity contribution in [1.29, 1.82) is 0 Å². The lowest BCUT2D eigenvalue weighted by Gasteiger charge is -2.09. The maximum Gasteiger partial charge on any atom is 0.250 e. The van der Waals surface area contributed by atoms with Gasteiger partial charge in [-0.1, -0.05) is 29.8 Å². The molecule has 1 unspecified atom stereocenters. The van der Waals surface area contributed by atoms with E-state index in [1.165, 1.54) is 18.4 Å². The van der Waals surface area contributed by atoms with E-state index in [4.69, 9.17) is 22.1 Å². The summed E-state index contributed by atoms with van der Waals surface area (Å²) in [6, 6.07) is 7.61. The topological polar surface area (TPSA) is 69.6 Å². The number of thiazole rings is 1. The van der Waals surface area contributed by atoms with Crippen LogP contribution in [0.4, 0.5) is 0 Å². The summed E-state index contributed by atoms with van der Waals surface area (Å²) in [5.41, 5.74) is 6.50. The third kappa shape index (κ3) is 4.51. The predicted molar refractivity (Wildman–Crippen MR) is 87.9 cm³/mol. The van der Waals surface area contributed by atoms with Crippen molar-refractivity contribution in [1.82, 2.24) is 4.57 Å². The Hall–Kier alpha value is -1.47. The molecule has 0 bridgehead atoms. The third-order valence-corrected chi connectivity index (χ3v) is 4.34. The lowest BCUT2D eigenvalue weighted by molar-refractivity contribution is -0.120. The number of hydrogen-bond acceptors (Lipinski definition) is 4. The van der Waals surface area contributed by atoms with Gasteiger partial charge in [-0.25, -0.2) is 0 Å². The molecule has 0 saturated carbocycles. The fourth-order valence-corrected chi connectivity index (χ4v) is 2.87. The molecule has 7 heteroatoms. The first-order valence-electron chi connectivity index (χ1n) is 6.81. The number of carbonyl (C=O) groups excluding carboxylic acids is 1. The van der Waals surface area contributed by atoms with E-state index in [0.717, 1.165) is 5.56 Å². The van der Waals surface area contributed by atoms with E-state index in [0.29, 0.717) is 22.9 Å². The Morgan fingerprint density at radius 1 is 1.50 bits per heavy atom. The molecule has 1 heterocycles. The summed E-state index contributed by atoms with van der Waals surface area (Å²) in [5.74, 6) is -0.243. The molecule has 2 N–H and O–H groups in total. The fourth-order valence-electron chi connectivity index (χ4n) is 1.93. The lowest BCUT2D eigenvalue weighted by Crippen LogP contribution is -2.26. The van der Waals surface area contributed by atoms with E-state index in [1.807, 2.05) is 40.4 Å². The van der Waals surface area contributed by atoms with Crippen molar-refractivity contribution in [2.75, 3.05) is 13.7 Å². The molecule has 0 radical (unpaired) electrons. The van der Waals surface area contributed by atoms with Gasteiger partial charge in [-0.05, 0) is 11.6 Å². The first-order valence-corrected chi connectivity index (χ1v) is 8.07. The minimum atomic E-state index is -0.298. The number of benzene rings is 1. The van der Waals surface area contributed by atoms with Crippen LogP contribution in [0.5, 0.6) is 0 Å². The highest BCUT2D eigenvalue weighted by atomic mass is 35.5. The van der Waals surface area contributed by atoms with Crippen LogP contribution >= 0.6 is 22.9 Å². The molecule has 118 valence electrons. The number of rotatable bonds is 6. The molecule has 2 rings (SSSR count). The molecule has 1 atom stereocenters. The second-order valence-electron chi connectivity index (χ2n) is 4.71. The number of halogens is 1. The maximum absolute atomic E-state index is 12.0. The molecule has 2 aromatic rings. The molecule has 1 aromatic carbocycles. The van der Waals surface area contributed by atoms with Gasteiger partial charge in [0, 0.05) is 30.3 Å². The summed E-state index contributed by atoms with van der Waals surface area (Å²) in [4.78, 5) is 16.8. The zero-order valence-electron chi connectivity index (χ0n) is 12.2. The van der Waals surface area contributed by atoms with Crippen LogP contribution in [0.15, 0.2) is 40.8 Å². The highest BCUT2D eigenvalue weighted by Crippen LogP contribution is 2.15. The first-order chi connectivity index (χ1) is 10.6. The SMILES string of the molecule is COC(CN)CC(=O)N=c1sccn1Cc1ccccc1Cl. The molecule has 0 aliphatic heterocycles. The molecule has 1 amide bonds. The zero-order chi connectivity index (χ0) is 15.9. The van der Waals surface area contributed by atoms with E-state index in [-0.39, 0.29) is 18.4 Å². The highest BCUT2D eigenvalue weighted by Gasteiger charge is 2.11. The van der Waals surface area contributed by atoms with Gasteiger partial charge in [0.1, 0.15) is 0 Å². The highest BCUT2D eigenvalue weighted by molar-refractivity contribution is 7.07. The van der Waals surface area contributed by atoms with Crippen LogP contribution in [0.2, 0.25) is 5.02 Å². The van der Waals surface area contributed by atoms with Crippen molar-refractivity contribution in [3.05, 3.63) is 51.2 Å². The number of aromatic nitrogens is 1. The van der Waals surface area contributed by atoms with Crippen molar-refractivity contribution >= 4 is 28.8 Å². The van der Waals surface area contributed by atoms with Gasteiger partial charge in [-0.15, -0.1) is 11.3 Å². The normalized spacial score (nSPS) is 13.3. The van der Waals surface area contributed by atoms with Crippen LogP contribution in [-0.2, 0) is 16.1 Å². The molecule has 0 aliphatic carbocycles. The predicted octanol–water partition coefficient (Wildman–Crippen LogP) is 2.04. The Bertz CT molecular complexity index is 692. The van der Waals surface area contributed by atoms with Gasteiger partial charge >= 0.3 is 0 Å². The zero-order valence-corrected chi connectivity index (χ0v) is 13.8. The van der Waals surface area contributed by atoms with Crippen LogP contribution in [0.3, 0.4) is 0 Å². The fraction of sp³-hybridized carbons (Fsp3) is 0.333. The Morgan fingerprint density at radius 2 is 2.27 bits per heavy atom. The molecular formula is C15H18ClN3O2S. The average molecular weight is 340 g/mol. The Kier molecular flexibility index (Phi) is 6.33. The van der Waals surface area contributed by atoms with E-state index >= 15 is 0 Å². The van der Waals surface area contributed by atoms with Crippen LogP contribution in [0, 0.1) is 0 Å². The van der Waals surface area contributed by atoms with Crippen molar-refractivity contribution in [2.45, 2.75) is 19.1 Å². The summed E-state index contributed by atoms with van der Waals surface area (Å²) in [5, 5.41) is 2.58. The third-order valence-electron chi connectivity index (χ3n) is 3.18. The number of ether oxygens (including phenoxy) is 1. The van der Waals surface area contributed by atoms with Crippen LogP contribution in [0.1, 0.15) is 12.0 Å². The molecule has 22 heavy (non-hydrogen) atoms. The van der Waals surface area contributed by atoms with Gasteiger partial charge in [0.2, 0.25) is 0 Å². The molecule has 1 aromatic heterocycles. The minimum Gasteiger partial charge on any atom is -0.380 e. The number of amides is 1. The summed E-state index contributed by atoms with van der Waals surface area (Å²) < 4.78 is 7.00. The number of methoxy groups -OCH3 is 1. The van der Waals surface area contributed by atoms with Crippen LogP contribution in [0.25, 0.3) is 0 Å².